The summed E-state index contributed by atoms with van der Waals surface area (Å²) in [5, 5.41) is 18.8. The Morgan fingerprint density at radius 3 is 1.17 bits per heavy atom. The van der Waals surface area contributed by atoms with Gasteiger partial charge in [0.15, 0.2) is 11.5 Å². The standard InChI is InChI=1S/C22H18O8/c1-27-13-3-7-15(8-4-13)29-19-11-17(21(23)24)18(22(25)26)12-20(19)30-16-9-5-14(28-2)6-10-16/h3-12H,1-2H3,(H,23,24)(H,25,26). The van der Waals surface area contributed by atoms with Gasteiger partial charge < -0.3 is 29.2 Å². The lowest BCUT2D eigenvalue weighted by Crippen LogP contribution is -2.09. The maximum Gasteiger partial charge on any atom is 0.336 e. The lowest BCUT2D eigenvalue weighted by molar-refractivity contribution is 0.0651. The molecule has 0 fully saturated rings. The lowest BCUT2D eigenvalue weighted by atomic mass is 10.1. The Kier molecular flexibility index (Phi) is 6.07. The summed E-state index contributed by atoms with van der Waals surface area (Å²) in [6.45, 7) is 0. The van der Waals surface area contributed by atoms with E-state index in [-0.39, 0.29) is 11.5 Å². The van der Waals surface area contributed by atoms with Gasteiger partial charge in [-0.05, 0) is 48.5 Å². The minimum atomic E-state index is -1.40. The molecule has 0 saturated carbocycles. The van der Waals surface area contributed by atoms with Crippen LogP contribution < -0.4 is 18.9 Å². The molecule has 0 unspecified atom stereocenters. The molecule has 0 aliphatic carbocycles. The maximum absolute atomic E-state index is 11.6. The van der Waals surface area contributed by atoms with Crippen molar-refractivity contribution in [2.24, 2.45) is 0 Å². The highest BCUT2D eigenvalue weighted by Crippen LogP contribution is 2.38. The highest BCUT2D eigenvalue weighted by molar-refractivity contribution is 6.02. The van der Waals surface area contributed by atoms with Gasteiger partial charge in [0.2, 0.25) is 0 Å². The van der Waals surface area contributed by atoms with Crippen LogP contribution in [0.1, 0.15) is 20.7 Å². The molecule has 8 nitrogen and oxygen atoms in total. The van der Waals surface area contributed by atoms with Crippen LogP contribution >= 0.6 is 0 Å². The topological polar surface area (TPSA) is 112 Å². The molecule has 30 heavy (non-hydrogen) atoms. The summed E-state index contributed by atoms with van der Waals surface area (Å²) in [6, 6.07) is 15.4. The summed E-state index contributed by atoms with van der Waals surface area (Å²) in [5.41, 5.74) is -0.846. The van der Waals surface area contributed by atoms with Crippen molar-refractivity contribution in [2.45, 2.75) is 0 Å². The van der Waals surface area contributed by atoms with Gasteiger partial charge in [-0.1, -0.05) is 0 Å². The fraction of sp³-hybridized carbons (Fsp3) is 0.0909. The molecule has 2 N–H and O–H groups in total. The molecule has 0 aromatic heterocycles. The number of ether oxygens (including phenoxy) is 4. The Hall–Kier alpha value is -4.20. The number of rotatable bonds is 8. The average molecular weight is 410 g/mol. The molecule has 0 aliphatic heterocycles. The molecule has 3 rings (SSSR count). The molecule has 3 aromatic carbocycles. The largest absolute Gasteiger partial charge is 0.497 e. The summed E-state index contributed by atoms with van der Waals surface area (Å²) >= 11 is 0. The number of carboxylic acid groups (broad SMARTS) is 2. The van der Waals surface area contributed by atoms with Gasteiger partial charge in [-0.15, -0.1) is 0 Å². The van der Waals surface area contributed by atoms with Gasteiger partial charge in [0.25, 0.3) is 0 Å². The van der Waals surface area contributed by atoms with Crippen LogP contribution in [0.4, 0.5) is 0 Å². The third-order valence-corrected chi connectivity index (χ3v) is 4.12. The van der Waals surface area contributed by atoms with Crippen molar-refractivity contribution in [3.8, 4) is 34.5 Å². The van der Waals surface area contributed by atoms with Gasteiger partial charge in [-0.2, -0.15) is 0 Å². The molecular weight excluding hydrogens is 392 g/mol. The van der Waals surface area contributed by atoms with Crippen LogP contribution in [0.3, 0.4) is 0 Å². The molecule has 8 heteroatoms. The molecule has 0 amide bonds. The van der Waals surface area contributed by atoms with Crippen LogP contribution in [0.25, 0.3) is 0 Å². The number of aromatic carboxylic acids is 2. The van der Waals surface area contributed by atoms with E-state index in [1.165, 1.54) is 14.2 Å². The van der Waals surface area contributed by atoms with Gasteiger partial charge in [0.1, 0.15) is 23.0 Å². The second-order valence-corrected chi connectivity index (χ2v) is 6.01. The van der Waals surface area contributed by atoms with Crippen LogP contribution in [-0.4, -0.2) is 36.4 Å². The van der Waals surface area contributed by atoms with Crippen LogP contribution in [0.5, 0.6) is 34.5 Å². The summed E-state index contributed by atoms with van der Waals surface area (Å²) in [5.74, 6) is -0.721. The van der Waals surface area contributed by atoms with E-state index in [0.29, 0.717) is 23.0 Å². The zero-order valence-electron chi connectivity index (χ0n) is 16.1. The number of hydrogen-bond donors (Lipinski definition) is 2. The lowest BCUT2D eigenvalue weighted by Gasteiger charge is -2.15. The van der Waals surface area contributed by atoms with Crippen molar-refractivity contribution >= 4 is 11.9 Å². The Balaban J connectivity index is 2.04. The third kappa shape index (κ3) is 4.61. The first kappa shape index (κ1) is 20.5. The van der Waals surface area contributed by atoms with E-state index in [2.05, 4.69) is 0 Å². The normalized spacial score (nSPS) is 10.2. The quantitative estimate of drug-likeness (QED) is 0.550. The molecule has 0 heterocycles. The van der Waals surface area contributed by atoms with Gasteiger partial charge in [-0.3, -0.25) is 0 Å². The van der Waals surface area contributed by atoms with Crippen LogP contribution in [-0.2, 0) is 0 Å². The molecular formula is C22H18O8. The molecule has 0 aliphatic rings. The van der Waals surface area contributed by atoms with E-state index in [1.807, 2.05) is 0 Å². The SMILES string of the molecule is COc1ccc(Oc2cc(C(=O)O)c(C(=O)O)cc2Oc2ccc(OC)cc2)cc1. The van der Waals surface area contributed by atoms with Crippen LogP contribution in [0, 0.1) is 0 Å². The first-order valence-corrected chi connectivity index (χ1v) is 8.69. The molecule has 3 aromatic rings. The fourth-order valence-corrected chi connectivity index (χ4v) is 2.61. The van der Waals surface area contributed by atoms with E-state index in [9.17, 15) is 19.8 Å². The monoisotopic (exact) mass is 410 g/mol. The highest BCUT2D eigenvalue weighted by Gasteiger charge is 2.22. The van der Waals surface area contributed by atoms with E-state index in [0.717, 1.165) is 12.1 Å². The van der Waals surface area contributed by atoms with Crippen molar-refractivity contribution in [3.05, 3.63) is 71.8 Å². The molecule has 0 atom stereocenters. The minimum Gasteiger partial charge on any atom is -0.497 e. The maximum atomic E-state index is 11.6. The number of methoxy groups -OCH3 is 2. The predicted molar refractivity (Wildman–Crippen MR) is 106 cm³/mol. The number of carboxylic acids is 2. The highest BCUT2D eigenvalue weighted by atomic mass is 16.5. The van der Waals surface area contributed by atoms with Crippen molar-refractivity contribution in [1.29, 1.82) is 0 Å². The van der Waals surface area contributed by atoms with Crippen LogP contribution in [0.15, 0.2) is 60.7 Å². The summed E-state index contributed by atoms with van der Waals surface area (Å²) in [7, 11) is 3.06. The Labute approximate surface area is 171 Å². The van der Waals surface area contributed by atoms with Crippen LogP contribution in [0.2, 0.25) is 0 Å². The fourth-order valence-electron chi connectivity index (χ4n) is 2.61. The van der Waals surface area contributed by atoms with E-state index < -0.39 is 23.1 Å². The molecule has 0 bridgehead atoms. The number of benzene rings is 3. The molecule has 0 radical (unpaired) electrons. The summed E-state index contributed by atoms with van der Waals surface area (Å²) < 4.78 is 21.8. The first-order chi connectivity index (χ1) is 14.4. The summed E-state index contributed by atoms with van der Waals surface area (Å²) in [6.07, 6.45) is 0. The number of hydrogen-bond acceptors (Lipinski definition) is 6. The molecule has 0 spiro atoms. The minimum absolute atomic E-state index is 0.0402. The van der Waals surface area contributed by atoms with Crippen molar-refractivity contribution < 1.29 is 38.7 Å². The molecule has 0 saturated heterocycles. The van der Waals surface area contributed by atoms with Crippen molar-refractivity contribution in [1.82, 2.24) is 0 Å². The smallest absolute Gasteiger partial charge is 0.336 e. The van der Waals surface area contributed by atoms with E-state index >= 15 is 0 Å². The zero-order chi connectivity index (χ0) is 21.7. The van der Waals surface area contributed by atoms with Crippen molar-refractivity contribution in [2.75, 3.05) is 14.2 Å². The van der Waals surface area contributed by atoms with Gasteiger partial charge >= 0.3 is 11.9 Å². The summed E-state index contributed by atoms with van der Waals surface area (Å²) in [4.78, 5) is 23.1. The predicted octanol–water partition coefficient (Wildman–Crippen LogP) is 4.68. The van der Waals surface area contributed by atoms with Gasteiger partial charge in [-0.25, -0.2) is 9.59 Å². The Bertz CT molecular complexity index is 969. The van der Waals surface area contributed by atoms with Gasteiger partial charge in [0, 0.05) is 12.1 Å². The van der Waals surface area contributed by atoms with Crippen molar-refractivity contribution in [3.63, 3.8) is 0 Å². The Morgan fingerprint density at radius 1 is 0.600 bits per heavy atom. The Morgan fingerprint density at radius 2 is 0.900 bits per heavy atom. The number of carbonyl (C=O) groups is 2. The molecule has 154 valence electrons. The van der Waals surface area contributed by atoms with Gasteiger partial charge in [0.05, 0.1) is 25.3 Å². The second kappa shape index (κ2) is 8.87. The third-order valence-electron chi connectivity index (χ3n) is 4.12. The average Bonchev–Trinajstić information content (AvgIpc) is 2.75. The van der Waals surface area contributed by atoms with E-state index in [4.69, 9.17) is 18.9 Å². The van der Waals surface area contributed by atoms with E-state index in [1.54, 1.807) is 48.5 Å². The second-order valence-electron chi connectivity index (χ2n) is 6.01. The first-order valence-electron chi connectivity index (χ1n) is 8.69. The zero-order valence-corrected chi connectivity index (χ0v) is 16.1.